The number of hydrogen-bond acceptors (Lipinski definition) is 3. The van der Waals surface area contributed by atoms with Crippen molar-refractivity contribution < 1.29 is 4.39 Å². The number of nitrogens with zero attached hydrogens (tertiary/aromatic N) is 3. The molecule has 0 amide bonds. The van der Waals surface area contributed by atoms with Gasteiger partial charge in [0, 0.05) is 11.8 Å². The zero-order valence-electron chi connectivity index (χ0n) is 11.3. The van der Waals surface area contributed by atoms with Crippen LogP contribution in [0.3, 0.4) is 0 Å². The summed E-state index contributed by atoms with van der Waals surface area (Å²) in [6.07, 6.45) is 1.90. The molecule has 2 heterocycles. The van der Waals surface area contributed by atoms with E-state index in [1.165, 1.54) is 6.07 Å². The van der Waals surface area contributed by atoms with Crippen molar-refractivity contribution >= 4 is 11.6 Å². The first kappa shape index (κ1) is 12.6. The molecule has 0 aliphatic heterocycles. The highest BCUT2D eigenvalue weighted by Crippen LogP contribution is 2.20. The van der Waals surface area contributed by atoms with E-state index >= 15 is 0 Å². The number of pyridine rings is 1. The summed E-state index contributed by atoms with van der Waals surface area (Å²) in [5, 5.41) is 7.47. The lowest BCUT2D eigenvalue weighted by molar-refractivity contribution is 0.599. The van der Waals surface area contributed by atoms with E-state index in [1.54, 1.807) is 16.6 Å². The Morgan fingerprint density at radius 1 is 1.20 bits per heavy atom. The zero-order valence-corrected chi connectivity index (χ0v) is 11.3. The minimum absolute atomic E-state index is 0.199. The van der Waals surface area contributed by atoms with Crippen LogP contribution in [0.2, 0.25) is 0 Å². The van der Waals surface area contributed by atoms with Gasteiger partial charge in [0.15, 0.2) is 5.65 Å². The Bertz CT molecular complexity index is 750. The molecular formula is C15H15FN4. The van der Waals surface area contributed by atoms with Crippen LogP contribution in [0.5, 0.6) is 0 Å². The Kier molecular flexibility index (Phi) is 3.10. The second-order valence-electron chi connectivity index (χ2n) is 4.83. The number of halogens is 1. The molecule has 1 atom stereocenters. The van der Waals surface area contributed by atoms with E-state index in [4.69, 9.17) is 0 Å². The predicted molar refractivity (Wildman–Crippen MR) is 76.2 cm³/mol. The molecule has 0 bridgehead atoms. The fraction of sp³-hybridized carbons (Fsp3) is 0.200. The van der Waals surface area contributed by atoms with E-state index in [-0.39, 0.29) is 11.9 Å². The fourth-order valence-electron chi connectivity index (χ4n) is 2.14. The number of anilines is 1. The van der Waals surface area contributed by atoms with Crippen LogP contribution in [0.25, 0.3) is 5.65 Å². The van der Waals surface area contributed by atoms with Gasteiger partial charge < -0.3 is 5.32 Å². The third-order valence-electron chi connectivity index (χ3n) is 3.20. The van der Waals surface area contributed by atoms with Gasteiger partial charge in [-0.3, -0.25) is 0 Å². The smallest absolute Gasteiger partial charge is 0.243 e. The second-order valence-corrected chi connectivity index (χ2v) is 4.83. The van der Waals surface area contributed by atoms with Gasteiger partial charge in [-0.2, -0.15) is 4.98 Å². The third kappa shape index (κ3) is 2.34. The van der Waals surface area contributed by atoms with Gasteiger partial charge >= 0.3 is 0 Å². The first-order chi connectivity index (χ1) is 9.63. The number of rotatable bonds is 3. The maximum atomic E-state index is 13.7. The summed E-state index contributed by atoms with van der Waals surface area (Å²) >= 11 is 0. The monoisotopic (exact) mass is 270 g/mol. The Morgan fingerprint density at radius 2 is 2.00 bits per heavy atom. The molecule has 0 spiro atoms. The van der Waals surface area contributed by atoms with Crippen molar-refractivity contribution in [3.05, 3.63) is 59.5 Å². The standard InChI is InChI=1S/C15H15FN4/c1-10-7-8-14-18-15(19-20(14)9-10)17-11(2)12-5-3-4-6-13(12)16/h3-9,11H,1-2H3,(H,17,19). The van der Waals surface area contributed by atoms with Crippen molar-refractivity contribution in [3.8, 4) is 0 Å². The number of benzene rings is 1. The minimum Gasteiger partial charge on any atom is -0.346 e. The summed E-state index contributed by atoms with van der Waals surface area (Å²) in [6.45, 7) is 3.88. The average molecular weight is 270 g/mol. The van der Waals surface area contributed by atoms with Crippen LogP contribution < -0.4 is 5.32 Å². The zero-order chi connectivity index (χ0) is 14.1. The van der Waals surface area contributed by atoms with Crippen LogP contribution in [-0.4, -0.2) is 14.6 Å². The summed E-state index contributed by atoms with van der Waals surface area (Å²) in [5.41, 5.74) is 2.47. The Labute approximate surface area is 116 Å². The number of fused-ring (bicyclic) bond motifs is 1. The molecule has 1 unspecified atom stereocenters. The van der Waals surface area contributed by atoms with Crippen molar-refractivity contribution in [2.45, 2.75) is 19.9 Å². The summed E-state index contributed by atoms with van der Waals surface area (Å²) in [5.74, 6) is 0.262. The van der Waals surface area contributed by atoms with E-state index < -0.39 is 0 Å². The first-order valence-corrected chi connectivity index (χ1v) is 6.47. The molecule has 2 aromatic heterocycles. The van der Waals surface area contributed by atoms with E-state index in [2.05, 4.69) is 15.4 Å². The molecule has 0 aliphatic rings. The molecular weight excluding hydrogens is 255 g/mol. The predicted octanol–water partition coefficient (Wildman–Crippen LogP) is 3.35. The normalized spacial score (nSPS) is 12.6. The van der Waals surface area contributed by atoms with Gasteiger partial charge in [0.1, 0.15) is 5.82 Å². The number of nitrogens with one attached hydrogen (secondary N) is 1. The Morgan fingerprint density at radius 3 is 2.80 bits per heavy atom. The molecule has 1 aromatic carbocycles. The molecule has 5 heteroatoms. The van der Waals surface area contributed by atoms with Crippen LogP contribution in [0, 0.1) is 12.7 Å². The van der Waals surface area contributed by atoms with Crippen LogP contribution in [0.15, 0.2) is 42.6 Å². The van der Waals surface area contributed by atoms with Gasteiger partial charge in [-0.1, -0.05) is 24.3 Å². The molecule has 0 radical (unpaired) electrons. The largest absolute Gasteiger partial charge is 0.346 e. The van der Waals surface area contributed by atoms with Crippen molar-refractivity contribution in [2.75, 3.05) is 5.32 Å². The Hall–Kier alpha value is -2.43. The maximum Gasteiger partial charge on any atom is 0.243 e. The first-order valence-electron chi connectivity index (χ1n) is 6.47. The SMILES string of the molecule is Cc1ccc2nc(NC(C)c3ccccc3F)nn2c1. The summed E-state index contributed by atoms with van der Waals surface area (Å²) in [6, 6.07) is 10.4. The van der Waals surface area contributed by atoms with Gasteiger partial charge in [0.25, 0.3) is 0 Å². The van der Waals surface area contributed by atoms with E-state index in [0.29, 0.717) is 11.5 Å². The number of hydrogen-bond donors (Lipinski definition) is 1. The molecule has 0 saturated carbocycles. The Balaban J connectivity index is 1.87. The molecule has 4 nitrogen and oxygen atoms in total. The minimum atomic E-state index is -0.230. The average Bonchev–Trinajstić information content (AvgIpc) is 2.80. The quantitative estimate of drug-likeness (QED) is 0.793. The van der Waals surface area contributed by atoms with E-state index in [1.807, 2.05) is 38.2 Å². The van der Waals surface area contributed by atoms with Gasteiger partial charge in [-0.25, -0.2) is 8.91 Å². The molecule has 0 saturated heterocycles. The van der Waals surface area contributed by atoms with Crippen LogP contribution in [-0.2, 0) is 0 Å². The van der Waals surface area contributed by atoms with Crippen molar-refractivity contribution in [1.29, 1.82) is 0 Å². The van der Waals surface area contributed by atoms with E-state index in [9.17, 15) is 4.39 Å². The van der Waals surface area contributed by atoms with Crippen LogP contribution >= 0.6 is 0 Å². The van der Waals surface area contributed by atoms with Crippen molar-refractivity contribution in [1.82, 2.24) is 14.6 Å². The fourth-order valence-corrected chi connectivity index (χ4v) is 2.14. The van der Waals surface area contributed by atoms with Crippen LogP contribution in [0.4, 0.5) is 10.3 Å². The summed E-state index contributed by atoms with van der Waals surface area (Å²) < 4.78 is 15.4. The van der Waals surface area contributed by atoms with Gasteiger partial charge in [-0.15, -0.1) is 5.10 Å². The summed E-state index contributed by atoms with van der Waals surface area (Å²) in [4.78, 5) is 4.37. The number of aromatic nitrogens is 3. The highest BCUT2D eigenvalue weighted by atomic mass is 19.1. The molecule has 0 aliphatic carbocycles. The highest BCUT2D eigenvalue weighted by molar-refractivity contribution is 5.45. The van der Waals surface area contributed by atoms with Gasteiger partial charge in [-0.05, 0) is 31.5 Å². The molecule has 3 rings (SSSR count). The lowest BCUT2D eigenvalue weighted by atomic mass is 10.1. The van der Waals surface area contributed by atoms with Crippen LogP contribution in [0.1, 0.15) is 24.1 Å². The van der Waals surface area contributed by atoms with E-state index in [0.717, 1.165) is 11.2 Å². The molecule has 0 fully saturated rings. The van der Waals surface area contributed by atoms with Crippen molar-refractivity contribution in [3.63, 3.8) is 0 Å². The molecule has 3 aromatic rings. The molecule has 102 valence electrons. The molecule has 1 N–H and O–H groups in total. The highest BCUT2D eigenvalue weighted by Gasteiger charge is 2.12. The summed E-state index contributed by atoms with van der Waals surface area (Å²) in [7, 11) is 0. The molecule has 20 heavy (non-hydrogen) atoms. The number of aryl methyl sites for hydroxylation is 1. The maximum absolute atomic E-state index is 13.7. The third-order valence-corrected chi connectivity index (χ3v) is 3.20. The van der Waals surface area contributed by atoms with Crippen molar-refractivity contribution in [2.24, 2.45) is 0 Å². The lowest BCUT2D eigenvalue weighted by Crippen LogP contribution is -2.09. The second kappa shape index (κ2) is 4.92. The van der Waals surface area contributed by atoms with Gasteiger partial charge in [0.2, 0.25) is 5.95 Å². The lowest BCUT2D eigenvalue weighted by Gasteiger charge is -2.13. The van der Waals surface area contributed by atoms with Gasteiger partial charge in [0.05, 0.1) is 6.04 Å². The topological polar surface area (TPSA) is 42.2 Å².